The zero-order chi connectivity index (χ0) is 18.8. The topological polar surface area (TPSA) is 65.5 Å². The van der Waals surface area contributed by atoms with E-state index in [1.54, 1.807) is 11.3 Å². The molecule has 0 aliphatic carbocycles. The van der Waals surface area contributed by atoms with E-state index >= 15 is 0 Å². The molecule has 5 nitrogen and oxygen atoms in total. The van der Waals surface area contributed by atoms with Crippen molar-refractivity contribution < 1.29 is 4.79 Å². The van der Waals surface area contributed by atoms with E-state index in [2.05, 4.69) is 46.9 Å². The molecule has 1 aromatic heterocycles. The first kappa shape index (κ1) is 23.4. The molecule has 0 bridgehead atoms. The Morgan fingerprint density at radius 1 is 1.07 bits per heavy atom. The number of amides is 1. The number of guanidine groups is 1. The minimum atomic E-state index is 0. The van der Waals surface area contributed by atoms with Gasteiger partial charge >= 0.3 is 0 Å². The number of aryl methyl sites for hydroxylation is 1. The first-order chi connectivity index (χ1) is 12.6. The zero-order valence-corrected chi connectivity index (χ0v) is 19.3. The Morgan fingerprint density at radius 3 is 2.41 bits per heavy atom. The molecular weight excluding hydrogens is 471 g/mol. The Balaban J connectivity index is 0.00000364. The molecule has 148 valence electrons. The van der Waals surface area contributed by atoms with E-state index in [4.69, 9.17) is 0 Å². The monoisotopic (exact) mass is 500 g/mol. The fourth-order valence-corrected chi connectivity index (χ4v) is 3.24. The standard InChI is InChI=1S/C20H28N4OS.HI/c1-4-6-19(25)24-17-10-8-16(9-11-17)13-22-20(21-5-2)23-14-18-12-7-15(3)26-18;/h7-12H,4-6,13-14H2,1-3H3,(H,24,25)(H2,21,22,23);1H. The van der Waals surface area contributed by atoms with Gasteiger partial charge < -0.3 is 16.0 Å². The molecule has 1 amide bonds. The van der Waals surface area contributed by atoms with Gasteiger partial charge in [0, 0.05) is 28.4 Å². The van der Waals surface area contributed by atoms with Crippen LogP contribution in [0.2, 0.25) is 0 Å². The molecule has 0 radical (unpaired) electrons. The second-order valence-electron chi connectivity index (χ2n) is 6.06. The number of carbonyl (C=O) groups excluding carboxylic acids is 1. The highest BCUT2D eigenvalue weighted by atomic mass is 127. The van der Waals surface area contributed by atoms with Crippen molar-refractivity contribution in [2.75, 3.05) is 11.9 Å². The maximum atomic E-state index is 11.6. The largest absolute Gasteiger partial charge is 0.357 e. The van der Waals surface area contributed by atoms with Crippen molar-refractivity contribution in [2.45, 2.75) is 46.7 Å². The molecule has 27 heavy (non-hydrogen) atoms. The predicted octanol–water partition coefficient (Wildman–Crippen LogP) is 4.67. The van der Waals surface area contributed by atoms with Crippen molar-refractivity contribution >= 4 is 52.9 Å². The van der Waals surface area contributed by atoms with Crippen molar-refractivity contribution in [2.24, 2.45) is 4.99 Å². The van der Waals surface area contributed by atoms with E-state index in [1.807, 2.05) is 31.2 Å². The number of nitrogens with one attached hydrogen (secondary N) is 3. The second-order valence-corrected chi connectivity index (χ2v) is 7.43. The van der Waals surface area contributed by atoms with Gasteiger partial charge in [-0.25, -0.2) is 4.99 Å². The lowest BCUT2D eigenvalue weighted by atomic mass is 10.2. The molecule has 0 fully saturated rings. The lowest BCUT2D eigenvalue weighted by Crippen LogP contribution is -2.36. The van der Waals surface area contributed by atoms with Crippen LogP contribution in [0.15, 0.2) is 41.4 Å². The average Bonchev–Trinajstić information content (AvgIpc) is 3.04. The van der Waals surface area contributed by atoms with Crippen LogP contribution in [0.25, 0.3) is 0 Å². The summed E-state index contributed by atoms with van der Waals surface area (Å²) in [6.07, 6.45) is 1.40. The summed E-state index contributed by atoms with van der Waals surface area (Å²) < 4.78 is 0. The number of benzene rings is 1. The van der Waals surface area contributed by atoms with Gasteiger partial charge in [0.05, 0.1) is 13.1 Å². The van der Waals surface area contributed by atoms with Gasteiger partial charge in [0.25, 0.3) is 0 Å². The summed E-state index contributed by atoms with van der Waals surface area (Å²) in [5, 5.41) is 9.53. The van der Waals surface area contributed by atoms with E-state index in [0.717, 1.165) is 36.7 Å². The van der Waals surface area contributed by atoms with E-state index in [0.29, 0.717) is 13.0 Å². The van der Waals surface area contributed by atoms with Crippen LogP contribution < -0.4 is 16.0 Å². The lowest BCUT2D eigenvalue weighted by Gasteiger charge is -2.10. The number of carbonyl (C=O) groups is 1. The van der Waals surface area contributed by atoms with Gasteiger partial charge in [0.15, 0.2) is 5.96 Å². The number of hydrogen-bond acceptors (Lipinski definition) is 3. The van der Waals surface area contributed by atoms with Crippen molar-refractivity contribution in [3.63, 3.8) is 0 Å². The lowest BCUT2D eigenvalue weighted by molar-refractivity contribution is -0.116. The number of aliphatic imine (C=N–C) groups is 1. The summed E-state index contributed by atoms with van der Waals surface area (Å²) >= 11 is 1.79. The number of rotatable bonds is 8. The first-order valence-corrected chi connectivity index (χ1v) is 9.88. The molecule has 0 aliphatic heterocycles. The predicted molar refractivity (Wildman–Crippen MR) is 126 cm³/mol. The fraction of sp³-hybridized carbons (Fsp3) is 0.400. The molecule has 0 atom stereocenters. The highest BCUT2D eigenvalue weighted by Crippen LogP contribution is 2.14. The summed E-state index contributed by atoms with van der Waals surface area (Å²) in [6.45, 7) is 8.34. The SMILES string of the molecule is CCCC(=O)Nc1ccc(CN=C(NCC)NCc2ccc(C)s2)cc1.I. The third-order valence-electron chi connectivity index (χ3n) is 3.70. The van der Waals surface area contributed by atoms with Crippen LogP contribution in [0.4, 0.5) is 5.69 Å². The minimum absolute atomic E-state index is 0. The van der Waals surface area contributed by atoms with Gasteiger partial charge in [-0.15, -0.1) is 35.3 Å². The summed E-state index contributed by atoms with van der Waals surface area (Å²) in [6, 6.07) is 12.1. The fourth-order valence-electron chi connectivity index (χ4n) is 2.41. The molecule has 1 aromatic carbocycles. The molecule has 0 saturated heterocycles. The first-order valence-electron chi connectivity index (χ1n) is 9.07. The molecule has 3 N–H and O–H groups in total. The van der Waals surface area contributed by atoms with Gasteiger partial charge in [0.1, 0.15) is 0 Å². The zero-order valence-electron chi connectivity index (χ0n) is 16.2. The molecule has 2 aromatic rings. The number of thiophene rings is 1. The van der Waals surface area contributed by atoms with Gasteiger partial charge in [-0.2, -0.15) is 0 Å². The highest BCUT2D eigenvalue weighted by molar-refractivity contribution is 14.0. The molecule has 0 aliphatic rings. The molecule has 7 heteroatoms. The molecule has 1 heterocycles. The number of halogens is 1. The van der Waals surface area contributed by atoms with Gasteiger partial charge in [-0.3, -0.25) is 4.79 Å². The molecule has 0 unspecified atom stereocenters. The van der Waals surface area contributed by atoms with Crippen LogP contribution in [-0.4, -0.2) is 18.4 Å². The van der Waals surface area contributed by atoms with Crippen molar-refractivity contribution in [3.8, 4) is 0 Å². The van der Waals surface area contributed by atoms with Crippen LogP contribution in [0.3, 0.4) is 0 Å². The Labute approximate surface area is 183 Å². The number of anilines is 1. The van der Waals surface area contributed by atoms with Crippen LogP contribution in [0, 0.1) is 6.92 Å². The minimum Gasteiger partial charge on any atom is -0.357 e. The van der Waals surface area contributed by atoms with E-state index in [9.17, 15) is 4.79 Å². The van der Waals surface area contributed by atoms with Crippen molar-refractivity contribution in [1.82, 2.24) is 10.6 Å². The maximum Gasteiger partial charge on any atom is 0.224 e. The van der Waals surface area contributed by atoms with Crippen molar-refractivity contribution in [1.29, 1.82) is 0 Å². The van der Waals surface area contributed by atoms with E-state index < -0.39 is 0 Å². The quantitative estimate of drug-likeness (QED) is 0.281. The maximum absolute atomic E-state index is 11.6. The molecular formula is C20H29IN4OS. The van der Waals surface area contributed by atoms with Gasteiger partial charge in [-0.05, 0) is 50.1 Å². The van der Waals surface area contributed by atoms with Crippen LogP contribution in [0.1, 0.15) is 42.0 Å². The Morgan fingerprint density at radius 2 is 1.81 bits per heavy atom. The molecule has 2 rings (SSSR count). The second kappa shape index (κ2) is 12.7. The summed E-state index contributed by atoms with van der Waals surface area (Å²) in [7, 11) is 0. The summed E-state index contributed by atoms with van der Waals surface area (Å²) in [5.74, 6) is 0.861. The number of nitrogens with zero attached hydrogens (tertiary/aromatic N) is 1. The Hall–Kier alpha value is -1.61. The normalized spacial score (nSPS) is 10.9. The smallest absolute Gasteiger partial charge is 0.224 e. The Kier molecular flexibility index (Phi) is 11.0. The van der Waals surface area contributed by atoms with Gasteiger partial charge in [-0.1, -0.05) is 19.1 Å². The van der Waals surface area contributed by atoms with E-state index in [1.165, 1.54) is 9.75 Å². The van der Waals surface area contributed by atoms with Crippen molar-refractivity contribution in [3.05, 3.63) is 51.7 Å². The molecule has 0 spiro atoms. The summed E-state index contributed by atoms with van der Waals surface area (Å²) in [4.78, 5) is 18.9. The van der Waals surface area contributed by atoms with Gasteiger partial charge in [0.2, 0.25) is 5.91 Å². The average molecular weight is 500 g/mol. The van der Waals surface area contributed by atoms with E-state index in [-0.39, 0.29) is 29.9 Å². The number of hydrogen-bond donors (Lipinski definition) is 3. The third-order valence-corrected chi connectivity index (χ3v) is 4.71. The highest BCUT2D eigenvalue weighted by Gasteiger charge is 2.02. The Bertz CT molecular complexity index is 728. The third kappa shape index (κ3) is 8.75. The van der Waals surface area contributed by atoms with Crippen LogP contribution in [0.5, 0.6) is 0 Å². The summed E-state index contributed by atoms with van der Waals surface area (Å²) in [5.41, 5.74) is 1.93. The molecule has 0 saturated carbocycles. The van der Waals surface area contributed by atoms with Crippen LogP contribution >= 0.6 is 35.3 Å². The van der Waals surface area contributed by atoms with Crippen LogP contribution in [-0.2, 0) is 17.9 Å².